The van der Waals surface area contributed by atoms with Crippen molar-refractivity contribution in [3.8, 4) is 0 Å². The second-order valence-electron chi connectivity index (χ2n) is 7.30. The molecule has 1 aromatic rings. The third-order valence-corrected chi connectivity index (χ3v) is 5.29. The van der Waals surface area contributed by atoms with E-state index in [-0.39, 0.29) is 24.5 Å². The molecule has 3 aliphatic heterocycles. The average Bonchev–Trinajstić information content (AvgIpc) is 2.71. The predicted molar refractivity (Wildman–Crippen MR) is 99.1 cm³/mol. The summed E-state index contributed by atoms with van der Waals surface area (Å²) in [5.41, 5.74) is 2.35. The number of fused-ring (bicyclic) bond motifs is 2. The summed E-state index contributed by atoms with van der Waals surface area (Å²) in [6.07, 6.45) is 5.41. The van der Waals surface area contributed by atoms with E-state index in [1.54, 1.807) is 0 Å². The summed E-state index contributed by atoms with van der Waals surface area (Å²) < 4.78 is 22.5. The van der Waals surface area contributed by atoms with Crippen LogP contribution in [-0.4, -0.2) is 55.8 Å². The summed E-state index contributed by atoms with van der Waals surface area (Å²) in [6, 6.07) is 9.75. The van der Waals surface area contributed by atoms with E-state index in [2.05, 4.69) is 6.08 Å². The van der Waals surface area contributed by atoms with Gasteiger partial charge in [0.05, 0.1) is 38.5 Å². The van der Waals surface area contributed by atoms with E-state index in [9.17, 15) is 4.79 Å². The molecule has 1 aromatic carbocycles. The molecular weight excluding hydrogens is 346 g/mol. The minimum Gasteiger partial charge on any atom is -0.445 e. The normalized spacial score (nSPS) is 25.8. The van der Waals surface area contributed by atoms with Gasteiger partial charge in [0.25, 0.3) is 0 Å². The molecule has 3 aliphatic rings. The molecule has 2 saturated heterocycles. The highest BCUT2D eigenvalue weighted by atomic mass is 16.7. The molecule has 2 fully saturated rings. The zero-order valence-corrected chi connectivity index (χ0v) is 15.5. The molecule has 146 valence electrons. The van der Waals surface area contributed by atoms with Gasteiger partial charge in [-0.2, -0.15) is 0 Å². The molecule has 0 aliphatic carbocycles. The van der Waals surface area contributed by atoms with Crippen molar-refractivity contribution in [2.24, 2.45) is 0 Å². The zero-order valence-electron chi connectivity index (χ0n) is 15.5. The molecule has 0 aromatic heterocycles. The van der Waals surface area contributed by atoms with Gasteiger partial charge in [-0.05, 0) is 24.8 Å². The Morgan fingerprint density at radius 3 is 2.74 bits per heavy atom. The quantitative estimate of drug-likeness (QED) is 0.742. The molecule has 2 bridgehead atoms. The number of morpholine rings is 1. The van der Waals surface area contributed by atoms with Crippen LogP contribution in [0, 0.1) is 0 Å². The summed E-state index contributed by atoms with van der Waals surface area (Å²) in [7, 11) is 0. The Balaban J connectivity index is 1.34. The molecule has 3 heterocycles. The Labute approximate surface area is 160 Å². The van der Waals surface area contributed by atoms with Gasteiger partial charge in [-0.15, -0.1) is 0 Å². The summed E-state index contributed by atoms with van der Waals surface area (Å²) in [6.45, 7) is 2.94. The Morgan fingerprint density at radius 2 is 1.96 bits per heavy atom. The first-order valence-corrected chi connectivity index (χ1v) is 9.79. The molecule has 27 heavy (non-hydrogen) atoms. The predicted octanol–water partition coefficient (Wildman–Crippen LogP) is 3.27. The van der Waals surface area contributed by atoms with Crippen LogP contribution in [-0.2, 0) is 25.6 Å². The lowest BCUT2D eigenvalue weighted by Gasteiger charge is -2.44. The van der Waals surface area contributed by atoms with Crippen molar-refractivity contribution >= 4 is 6.09 Å². The van der Waals surface area contributed by atoms with Gasteiger partial charge >= 0.3 is 6.09 Å². The maximum Gasteiger partial charge on any atom is 0.411 e. The lowest BCUT2D eigenvalue weighted by molar-refractivity contribution is -0.180. The molecule has 2 atom stereocenters. The van der Waals surface area contributed by atoms with Crippen molar-refractivity contribution in [3.05, 3.63) is 47.5 Å². The molecular formula is C21H27NO5. The monoisotopic (exact) mass is 373 g/mol. The second-order valence-corrected chi connectivity index (χ2v) is 7.30. The highest BCUT2D eigenvalue weighted by Crippen LogP contribution is 2.30. The molecule has 4 rings (SSSR count). The first kappa shape index (κ1) is 18.5. The number of benzene rings is 1. The van der Waals surface area contributed by atoms with E-state index in [1.165, 1.54) is 5.57 Å². The number of nitrogens with zero attached hydrogens (tertiary/aromatic N) is 1. The minimum atomic E-state index is -0.258. The van der Waals surface area contributed by atoms with E-state index in [0.717, 1.165) is 44.5 Å². The van der Waals surface area contributed by atoms with Gasteiger partial charge in [0, 0.05) is 6.42 Å². The van der Waals surface area contributed by atoms with Crippen LogP contribution in [0.5, 0.6) is 0 Å². The maximum absolute atomic E-state index is 12.7. The number of rotatable bonds is 5. The van der Waals surface area contributed by atoms with Crippen molar-refractivity contribution in [1.82, 2.24) is 4.90 Å². The van der Waals surface area contributed by atoms with Crippen LogP contribution in [0.3, 0.4) is 0 Å². The van der Waals surface area contributed by atoms with Gasteiger partial charge in [0.2, 0.25) is 0 Å². The smallest absolute Gasteiger partial charge is 0.411 e. The maximum atomic E-state index is 12.7. The van der Waals surface area contributed by atoms with E-state index < -0.39 is 0 Å². The fraction of sp³-hybridized carbons (Fsp3) is 0.571. The van der Waals surface area contributed by atoms with Crippen LogP contribution in [0.1, 0.15) is 31.2 Å². The molecule has 0 saturated carbocycles. The number of hydrogen-bond acceptors (Lipinski definition) is 5. The summed E-state index contributed by atoms with van der Waals surface area (Å²) >= 11 is 0. The summed E-state index contributed by atoms with van der Waals surface area (Å²) in [4.78, 5) is 14.5. The minimum absolute atomic E-state index is 0.0419. The average molecular weight is 373 g/mol. The van der Waals surface area contributed by atoms with Crippen molar-refractivity contribution in [1.29, 1.82) is 0 Å². The van der Waals surface area contributed by atoms with Crippen molar-refractivity contribution in [2.45, 2.75) is 50.7 Å². The number of amides is 1. The van der Waals surface area contributed by atoms with E-state index in [0.29, 0.717) is 19.8 Å². The van der Waals surface area contributed by atoms with Crippen LogP contribution in [0.2, 0.25) is 0 Å². The van der Waals surface area contributed by atoms with E-state index >= 15 is 0 Å². The molecule has 2 unspecified atom stereocenters. The van der Waals surface area contributed by atoms with Gasteiger partial charge in [-0.25, -0.2) is 4.79 Å². The van der Waals surface area contributed by atoms with Crippen LogP contribution >= 0.6 is 0 Å². The molecule has 0 spiro atoms. The molecule has 6 heteroatoms. The van der Waals surface area contributed by atoms with Crippen molar-refractivity contribution in [2.75, 3.05) is 26.4 Å². The number of carbonyl (C=O) groups excluding carboxylic acids is 1. The Bertz CT molecular complexity index is 656. The van der Waals surface area contributed by atoms with Crippen LogP contribution in [0.25, 0.3) is 0 Å². The number of carbonyl (C=O) groups is 1. The molecule has 6 nitrogen and oxygen atoms in total. The highest BCUT2D eigenvalue weighted by Gasteiger charge is 2.38. The zero-order chi connectivity index (χ0) is 18.5. The van der Waals surface area contributed by atoms with E-state index in [1.807, 2.05) is 35.2 Å². The topological polar surface area (TPSA) is 57.2 Å². The SMILES string of the molecule is O=C(OCc1ccccc1)N1C2C=C(CCC3OCCCO3)CC1COC2. The first-order chi connectivity index (χ1) is 13.3. The standard InChI is InChI=1S/C21H27NO5/c23-21(27-13-16-5-2-1-3-6-16)22-18-11-17(12-19(22)15-24-14-18)7-8-20-25-9-4-10-26-20/h1-3,5-6,11,18-20H,4,7-10,12-15H2. The van der Waals surface area contributed by atoms with Crippen molar-refractivity contribution in [3.63, 3.8) is 0 Å². The van der Waals surface area contributed by atoms with E-state index in [4.69, 9.17) is 18.9 Å². The van der Waals surface area contributed by atoms with Crippen molar-refractivity contribution < 1.29 is 23.7 Å². The van der Waals surface area contributed by atoms with Gasteiger partial charge in [0.1, 0.15) is 6.61 Å². The Kier molecular flexibility index (Phi) is 6.07. The Morgan fingerprint density at radius 1 is 1.15 bits per heavy atom. The summed E-state index contributed by atoms with van der Waals surface area (Å²) in [5.74, 6) is 0. The number of hydrogen-bond donors (Lipinski definition) is 0. The molecule has 0 N–H and O–H groups in total. The lowest BCUT2D eigenvalue weighted by Crippen LogP contribution is -2.56. The van der Waals surface area contributed by atoms with Gasteiger partial charge in [-0.3, -0.25) is 4.90 Å². The Hall–Kier alpha value is -1.89. The van der Waals surface area contributed by atoms with Crippen LogP contribution < -0.4 is 0 Å². The van der Waals surface area contributed by atoms with Crippen LogP contribution in [0.4, 0.5) is 4.79 Å². The lowest BCUT2D eigenvalue weighted by atomic mass is 9.92. The third-order valence-electron chi connectivity index (χ3n) is 5.29. The largest absolute Gasteiger partial charge is 0.445 e. The van der Waals surface area contributed by atoms with Crippen LogP contribution in [0.15, 0.2) is 42.0 Å². The van der Waals surface area contributed by atoms with Gasteiger partial charge in [-0.1, -0.05) is 42.0 Å². The first-order valence-electron chi connectivity index (χ1n) is 9.79. The fourth-order valence-corrected chi connectivity index (χ4v) is 3.95. The third kappa shape index (κ3) is 4.69. The fourth-order valence-electron chi connectivity index (χ4n) is 3.95. The molecule has 0 radical (unpaired) electrons. The molecule has 1 amide bonds. The van der Waals surface area contributed by atoms with Gasteiger partial charge < -0.3 is 18.9 Å². The summed E-state index contributed by atoms with van der Waals surface area (Å²) in [5, 5.41) is 0. The second kappa shape index (κ2) is 8.87. The highest BCUT2D eigenvalue weighted by molar-refractivity contribution is 5.69. The van der Waals surface area contributed by atoms with Gasteiger partial charge in [0.15, 0.2) is 6.29 Å². The number of ether oxygens (including phenoxy) is 4.